The molecule has 6 nitrogen and oxygen atoms in total. The van der Waals surface area contributed by atoms with Crippen LogP contribution in [0, 0.1) is 0 Å². The summed E-state index contributed by atoms with van der Waals surface area (Å²) in [5.74, 6) is 3.73. The maximum absolute atomic E-state index is 5.62. The van der Waals surface area contributed by atoms with Crippen molar-refractivity contribution in [3.63, 3.8) is 0 Å². The van der Waals surface area contributed by atoms with E-state index in [9.17, 15) is 0 Å². The highest BCUT2D eigenvalue weighted by atomic mass is 32.2. The monoisotopic (exact) mass is 368 g/mol. The van der Waals surface area contributed by atoms with Crippen LogP contribution in [0.5, 0.6) is 5.75 Å². The third kappa shape index (κ3) is 3.53. The summed E-state index contributed by atoms with van der Waals surface area (Å²) in [5, 5.41) is 9.62. The van der Waals surface area contributed by atoms with Gasteiger partial charge in [-0.2, -0.15) is 0 Å². The van der Waals surface area contributed by atoms with Crippen LogP contribution in [0.1, 0.15) is 30.3 Å². The van der Waals surface area contributed by atoms with E-state index in [4.69, 9.17) is 9.15 Å². The number of benzene rings is 1. The van der Waals surface area contributed by atoms with Gasteiger partial charge in [-0.05, 0) is 37.1 Å². The Morgan fingerprint density at radius 3 is 2.81 bits per heavy atom. The summed E-state index contributed by atoms with van der Waals surface area (Å²) in [6.45, 7) is 4.58. The minimum atomic E-state index is 0.561. The first-order valence-corrected chi connectivity index (χ1v) is 9.52. The molecule has 0 spiro atoms. The summed E-state index contributed by atoms with van der Waals surface area (Å²) >= 11 is 1.62. The molecule has 7 heteroatoms. The summed E-state index contributed by atoms with van der Waals surface area (Å²) in [5.41, 5.74) is 1.80. The topological polar surface area (TPSA) is 66.0 Å². The van der Waals surface area contributed by atoms with Crippen LogP contribution in [-0.4, -0.2) is 26.9 Å². The Labute approximate surface area is 156 Å². The van der Waals surface area contributed by atoms with E-state index >= 15 is 0 Å². The summed E-state index contributed by atoms with van der Waals surface area (Å²) in [4.78, 5) is 4.58. The molecule has 1 saturated carbocycles. The Balaban J connectivity index is 1.45. The number of allylic oxidation sites excluding steroid dienone is 1. The minimum absolute atomic E-state index is 0.561. The van der Waals surface area contributed by atoms with Crippen molar-refractivity contribution in [1.29, 1.82) is 0 Å². The van der Waals surface area contributed by atoms with Gasteiger partial charge in [0.05, 0.1) is 12.8 Å². The van der Waals surface area contributed by atoms with Gasteiger partial charge in [-0.15, -0.1) is 16.8 Å². The molecule has 0 aliphatic heterocycles. The smallest absolute Gasteiger partial charge is 0.226 e. The molecule has 0 amide bonds. The van der Waals surface area contributed by atoms with E-state index < -0.39 is 0 Å². The van der Waals surface area contributed by atoms with Crippen molar-refractivity contribution in [3.05, 3.63) is 54.7 Å². The van der Waals surface area contributed by atoms with Crippen LogP contribution in [-0.2, 0) is 12.3 Å². The number of nitrogens with zero attached hydrogens (tertiary/aromatic N) is 4. The van der Waals surface area contributed by atoms with Crippen LogP contribution in [0.15, 0.2) is 52.8 Å². The lowest BCUT2D eigenvalue weighted by atomic mass is 10.2. The van der Waals surface area contributed by atoms with Gasteiger partial charge in [-0.3, -0.25) is 0 Å². The van der Waals surface area contributed by atoms with E-state index in [0.717, 1.165) is 34.5 Å². The van der Waals surface area contributed by atoms with Crippen molar-refractivity contribution in [2.24, 2.45) is 0 Å². The highest BCUT2D eigenvalue weighted by Crippen LogP contribution is 2.40. The molecule has 1 aliphatic rings. The quantitative estimate of drug-likeness (QED) is 0.436. The highest BCUT2D eigenvalue weighted by molar-refractivity contribution is 7.98. The maximum Gasteiger partial charge on any atom is 0.226 e. The van der Waals surface area contributed by atoms with Gasteiger partial charge in [0.25, 0.3) is 0 Å². The molecule has 0 radical (unpaired) electrons. The van der Waals surface area contributed by atoms with Crippen LogP contribution in [0.3, 0.4) is 0 Å². The summed E-state index contributed by atoms with van der Waals surface area (Å²) < 4.78 is 12.9. The third-order valence-electron chi connectivity index (χ3n) is 4.24. The summed E-state index contributed by atoms with van der Waals surface area (Å²) in [6.07, 6.45) is 5.99. The van der Waals surface area contributed by atoms with Crippen molar-refractivity contribution in [2.75, 3.05) is 7.11 Å². The second kappa shape index (κ2) is 7.37. The summed E-state index contributed by atoms with van der Waals surface area (Å²) in [6, 6.07) is 7.66. The van der Waals surface area contributed by atoms with Gasteiger partial charge >= 0.3 is 0 Å². The Kier molecular flexibility index (Phi) is 4.79. The molecule has 0 atom stereocenters. The minimum Gasteiger partial charge on any atom is -0.497 e. The number of oxazole rings is 1. The zero-order valence-electron chi connectivity index (χ0n) is 14.6. The van der Waals surface area contributed by atoms with Crippen molar-refractivity contribution in [1.82, 2.24) is 19.7 Å². The van der Waals surface area contributed by atoms with E-state index in [-0.39, 0.29) is 0 Å². The fourth-order valence-electron chi connectivity index (χ4n) is 2.73. The number of thioether (sulfide) groups is 1. The van der Waals surface area contributed by atoms with Crippen LogP contribution >= 0.6 is 11.8 Å². The van der Waals surface area contributed by atoms with Gasteiger partial charge in [-0.25, -0.2) is 4.98 Å². The average Bonchev–Trinajstić information content (AvgIpc) is 3.27. The zero-order valence-corrected chi connectivity index (χ0v) is 15.4. The first-order chi connectivity index (χ1) is 12.8. The Bertz CT molecular complexity index is 897. The number of aromatic nitrogens is 4. The largest absolute Gasteiger partial charge is 0.497 e. The highest BCUT2D eigenvalue weighted by Gasteiger charge is 2.30. The fourth-order valence-corrected chi connectivity index (χ4v) is 3.56. The average molecular weight is 368 g/mol. The molecule has 2 aromatic heterocycles. The molecule has 134 valence electrons. The van der Waals surface area contributed by atoms with E-state index in [1.54, 1.807) is 25.1 Å². The molecular weight excluding hydrogens is 348 g/mol. The van der Waals surface area contributed by atoms with E-state index in [1.807, 2.05) is 30.3 Å². The number of rotatable bonds is 8. The predicted molar refractivity (Wildman–Crippen MR) is 100 cm³/mol. The molecule has 4 rings (SSSR count). The van der Waals surface area contributed by atoms with Gasteiger partial charge in [0.15, 0.2) is 5.16 Å². The molecule has 1 fully saturated rings. The third-order valence-corrected chi connectivity index (χ3v) is 5.24. The van der Waals surface area contributed by atoms with Gasteiger partial charge in [-0.1, -0.05) is 17.8 Å². The van der Waals surface area contributed by atoms with E-state index in [2.05, 4.69) is 26.3 Å². The fraction of sp³-hybridized carbons (Fsp3) is 0.316. The normalized spacial score (nSPS) is 13.7. The van der Waals surface area contributed by atoms with Crippen molar-refractivity contribution in [3.8, 4) is 17.2 Å². The lowest BCUT2D eigenvalue weighted by molar-refractivity contribution is 0.415. The first-order valence-electron chi connectivity index (χ1n) is 8.54. The molecule has 0 N–H and O–H groups in total. The number of ether oxygens (including phenoxy) is 1. The number of hydrogen-bond donors (Lipinski definition) is 0. The predicted octanol–water partition coefficient (Wildman–Crippen LogP) is 4.30. The Hall–Kier alpha value is -2.54. The molecule has 0 unspecified atom stereocenters. The molecular formula is C19H20N4O2S. The van der Waals surface area contributed by atoms with Crippen LogP contribution in [0.4, 0.5) is 0 Å². The van der Waals surface area contributed by atoms with Crippen LogP contribution < -0.4 is 4.74 Å². The lowest BCUT2D eigenvalue weighted by Gasteiger charge is -2.05. The molecule has 1 aromatic carbocycles. The zero-order chi connectivity index (χ0) is 17.9. The van der Waals surface area contributed by atoms with E-state index in [0.29, 0.717) is 17.6 Å². The van der Waals surface area contributed by atoms with Gasteiger partial charge < -0.3 is 13.7 Å². The second-order valence-electron chi connectivity index (χ2n) is 6.18. The maximum atomic E-state index is 5.62. The lowest BCUT2D eigenvalue weighted by Crippen LogP contribution is -2.02. The first kappa shape index (κ1) is 16.9. The van der Waals surface area contributed by atoms with Crippen molar-refractivity contribution in [2.45, 2.75) is 36.2 Å². The van der Waals surface area contributed by atoms with Crippen molar-refractivity contribution >= 4 is 11.8 Å². The second-order valence-corrected chi connectivity index (χ2v) is 7.12. The molecule has 1 aliphatic carbocycles. The number of methoxy groups -OCH3 is 1. The Morgan fingerprint density at radius 2 is 2.12 bits per heavy atom. The van der Waals surface area contributed by atoms with Gasteiger partial charge in [0, 0.05) is 23.8 Å². The van der Waals surface area contributed by atoms with Crippen LogP contribution in [0.25, 0.3) is 11.5 Å². The molecule has 3 aromatic rings. The molecule has 2 heterocycles. The Morgan fingerprint density at radius 1 is 1.31 bits per heavy atom. The SMILES string of the molecule is C=CCn1c(SCc2coc(-c3ccc(OC)cc3)n2)nnc1C1CC1. The van der Waals surface area contributed by atoms with Gasteiger partial charge in [0.1, 0.15) is 17.8 Å². The molecule has 0 bridgehead atoms. The summed E-state index contributed by atoms with van der Waals surface area (Å²) in [7, 11) is 1.65. The van der Waals surface area contributed by atoms with Gasteiger partial charge in [0.2, 0.25) is 5.89 Å². The van der Waals surface area contributed by atoms with Crippen LogP contribution in [0.2, 0.25) is 0 Å². The number of hydrogen-bond acceptors (Lipinski definition) is 6. The van der Waals surface area contributed by atoms with Crippen molar-refractivity contribution < 1.29 is 9.15 Å². The standard InChI is InChI=1S/C19H20N4O2S/c1-3-10-23-17(13-4-5-13)21-22-19(23)26-12-15-11-25-18(20-15)14-6-8-16(24-2)9-7-14/h3,6-9,11,13H,1,4-5,10,12H2,2H3. The van der Waals surface area contributed by atoms with E-state index in [1.165, 1.54) is 12.8 Å². The molecule has 26 heavy (non-hydrogen) atoms. The molecule has 0 saturated heterocycles.